The van der Waals surface area contributed by atoms with Crippen molar-refractivity contribution in [1.82, 2.24) is 25.4 Å². The summed E-state index contributed by atoms with van der Waals surface area (Å²) >= 11 is 1.63. The van der Waals surface area contributed by atoms with Crippen LogP contribution in [0.15, 0.2) is 35.5 Å². The number of hydrogen-bond donors (Lipinski definition) is 2. The number of urea groups is 1. The van der Waals surface area contributed by atoms with Crippen molar-refractivity contribution in [3.05, 3.63) is 41.7 Å². The second-order valence-corrected chi connectivity index (χ2v) is 5.64. The summed E-state index contributed by atoms with van der Waals surface area (Å²) in [5.41, 5.74) is 1.06. The first-order valence-corrected chi connectivity index (χ1v) is 7.76. The van der Waals surface area contributed by atoms with Gasteiger partial charge in [-0.1, -0.05) is 49.0 Å². The van der Waals surface area contributed by atoms with E-state index in [4.69, 9.17) is 0 Å². The Labute approximate surface area is 128 Å². The molecule has 2 N–H and O–H groups in total. The van der Waals surface area contributed by atoms with Crippen LogP contribution in [0.3, 0.4) is 0 Å². The average molecular weight is 305 g/mol. The summed E-state index contributed by atoms with van der Waals surface area (Å²) in [5.74, 6) is 1.68. The number of nitrogens with zero attached hydrogens (tertiary/aromatic N) is 3. The van der Waals surface area contributed by atoms with Gasteiger partial charge >= 0.3 is 6.03 Å². The Hall–Kier alpha value is -2.02. The molecule has 0 fully saturated rings. The van der Waals surface area contributed by atoms with Gasteiger partial charge in [-0.2, -0.15) is 0 Å². The maximum Gasteiger partial charge on any atom is 0.315 e. The van der Waals surface area contributed by atoms with E-state index in [1.54, 1.807) is 11.8 Å². The first kappa shape index (κ1) is 15.4. The summed E-state index contributed by atoms with van der Waals surface area (Å²) in [6.07, 6.45) is 0. The molecule has 7 heteroatoms. The van der Waals surface area contributed by atoms with E-state index in [1.807, 2.05) is 41.9 Å². The van der Waals surface area contributed by atoms with Gasteiger partial charge in [-0.3, -0.25) is 0 Å². The zero-order chi connectivity index (χ0) is 15.1. The van der Waals surface area contributed by atoms with Gasteiger partial charge in [0.25, 0.3) is 0 Å². The van der Waals surface area contributed by atoms with Crippen LogP contribution in [-0.2, 0) is 20.1 Å². The molecule has 2 aromatic rings. The molecule has 1 heterocycles. The first-order valence-electron chi connectivity index (χ1n) is 6.77. The van der Waals surface area contributed by atoms with E-state index in [1.165, 1.54) is 0 Å². The van der Waals surface area contributed by atoms with Crippen LogP contribution in [0.5, 0.6) is 0 Å². The van der Waals surface area contributed by atoms with Gasteiger partial charge < -0.3 is 15.2 Å². The Morgan fingerprint density at radius 3 is 2.62 bits per heavy atom. The van der Waals surface area contributed by atoms with E-state index < -0.39 is 0 Å². The highest BCUT2D eigenvalue weighted by Crippen LogP contribution is 2.14. The molecule has 0 spiro atoms. The molecule has 0 saturated heterocycles. The van der Waals surface area contributed by atoms with Crippen LogP contribution in [0.25, 0.3) is 0 Å². The zero-order valence-electron chi connectivity index (χ0n) is 12.2. The standard InChI is InChI=1S/C14H19N5OS/c1-3-21-14-18-17-12(19(14)2)10-16-13(20)15-9-11-7-5-4-6-8-11/h4-8H,3,9-10H2,1-2H3,(H2,15,16,20). The number of hydrogen-bond acceptors (Lipinski definition) is 4. The second kappa shape index (κ2) is 7.68. The van der Waals surface area contributed by atoms with Crippen molar-refractivity contribution < 1.29 is 4.79 Å². The number of aromatic nitrogens is 3. The normalized spacial score (nSPS) is 10.4. The van der Waals surface area contributed by atoms with E-state index in [0.717, 1.165) is 22.3 Å². The van der Waals surface area contributed by atoms with E-state index in [9.17, 15) is 4.79 Å². The Balaban J connectivity index is 1.79. The van der Waals surface area contributed by atoms with Gasteiger partial charge in [0.15, 0.2) is 11.0 Å². The molecule has 0 aliphatic carbocycles. The van der Waals surface area contributed by atoms with Crippen LogP contribution in [0.1, 0.15) is 18.3 Å². The van der Waals surface area contributed by atoms with Crippen LogP contribution < -0.4 is 10.6 Å². The van der Waals surface area contributed by atoms with E-state index in [-0.39, 0.29) is 6.03 Å². The van der Waals surface area contributed by atoms with Crippen molar-refractivity contribution in [3.8, 4) is 0 Å². The number of nitrogens with one attached hydrogen (secondary N) is 2. The number of amides is 2. The Morgan fingerprint density at radius 1 is 1.19 bits per heavy atom. The molecule has 0 aliphatic rings. The van der Waals surface area contributed by atoms with Crippen LogP contribution in [0, 0.1) is 0 Å². The van der Waals surface area contributed by atoms with Crippen LogP contribution in [0.2, 0.25) is 0 Å². The van der Waals surface area contributed by atoms with Crippen molar-refractivity contribution in [1.29, 1.82) is 0 Å². The summed E-state index contributed by atoms with van der Waals surface area (Å²) in [6.45, 7) is 2.92. The zero-order valence-corrected chi connectivity index (χ0v) is 13.0. The fourth-order valence-electron chi connectivity index (χ4n) is 1.75. The molecule has 0 radical (unpaired) electrons. The quantitative estimate of drug-likeness (QED) is 0.800. The van der Waals surface area contributed by atoms with Crippen LogP contribution in [0.4, 0.5) is 4.79 Å². The van der Waals surface area contributed by atoms with Gasteiger partial charge in [-0.05, 0) is 11.3 Å². The third-order valence-corrected chi connectivity index (χ3v) is 3.80. The van der Waals surface area contributed by atoms with Gasteiger partial charge in [0.1, 0.15) is 0 Å². The number of rotatable bonds is 6. The molecule has 0 unspecified atom stereocenters. The lowest BCUT2D eigenvalue weighted by Crippen LogP contribution is -2.35. The molecular weight excluding hydrogens is 286 g/mol. The fourth-order valence-corrected chi connectivity index (χ4v) is 2.41. The molecule has 6 nitrogen and oxygen atoms in total. The van der Waals surface area contributed by atoms with Crippen molar-refractivity contribution in [3.63, 3.8) is 0 Å². The highest BCUT2D eigenvalue weighted by Gasteiger charge is 2.09. The minimum Gasteiger partial charge on any atom is -0.334 e. The molecule has 0 atom stereocenters. The van der Waals surface area contributed by atoms with Gasteiger partial charge in [0, 0.05) is 13.6 Å². The molecule has 21 heavy (non-hydrogen) atoms. The number of carbonyl (C=O) groups excluding carboxylic acids is 1. The first-order chi connectivity index (χ1) is 10.2. The third kappa shape index (κ3) is 4.49. The average Bonchev–Trinajstić information content (AvgIpc) is 2.85. The smallest absolute Gasteiger partial charge is 0.315 e. The van der Waals surface area contributed by atoms with E-state index in [0.29, 0.717) is 13.1 Å². The molecule has 2 rings (SSSR count). The van der Waals surface area contributed by atoms with Gasteiger partial charge in [-0.15, -0.1) is 10.2 Å². The maximum absolute atomic E-state index is 11.7. The minimum atomic E-state index is -0.216. The van der Waals surface area contributed by atoms with Crippen molar-refractivity contribution in [2.24, 2.45) is 7.05 Å². The number of benzene rings is 1. The number of carbonyl (C=O) groups is 1. The van der Waals surface area contributed by atoms with E-state index >= 15 is 0 Å². The van der Waals surface area contributed by atoms with Gasteiger partial charge in [-0.25, -0.2) is 4.79 Å². The summed E-state index contributed by atoms with van der Waals surface area (Å²) in [4.78, 5) is 11.7. The van der Waals surface area contributed by atoms with Crippen LogP contribution in [-0.4, -0.2) is 26.5 Å². The summed E-state index contributed by atoms with van der Waals surface area (Å²) in [7, 11) is 1.90. The van der Waals surface area contributed by atoms with Crippen molar-refractivity contribution >= 4 is 17.8 Å². The second-order valence-electron chi connectivity index (χ2n) is 4.41. The molecule has 2 amide bonds. The lowest BCUT2D eigenvalue weighted by atomic mass is 10.2. The molecular formula is C14H19N5OS. The predicted octanol–water partition coefficient (Wildman–Crippen LogP) is 1.93. The SMILES string of the molecule is CCSc1nnc(CNC(=O)NCc2ccccc2)n1C. The highest BCUT2D eigenvalue weighted by atomic mass is 32.2. The van der Waals surface area contributed by atoms with Crippen molar-refractivity contribution in [2.45, 2.75) is 25.2 Å². The number of thioether (sulfide) groups is 1. The topological polar surface area (TPSA) is 71.8 Å². The molecule has 112 valence electrons. The lowest BCUT2D eigenvalue weighted by Gasteiger charge is -2.07. The Bertz CT molecular complexity index is 584. The monoisotopic (exact) mass is 305 g/mol. The largest absolute Gasteiger partial charge is 0.334 e. The fraction of sp³-hybridized carbons (Fsp3) is 0.357. The van der Waals surface area contributed by atoms with Gasteiger partial charge in [0.05, 0.1) is 6.54 Å². The van der Waals surface area contributed by atoms with Crippen molar-refractivity contribution in [2.75, 3.05) is 5.75 Å². The van der Waals surface area contributed by atoms with Gasteiger partial charge in [0.2, 0.25) is 0 Å². The molecule has 0 aliphatic heterocycles. The molecule has 0 bridgehead atoms. The lowest BCUT2D eigenvalue weighted by molar-refractivity contribution is 0.239. The summed E-state index contributed by atoms with van der Waals surface area (Å²) in [6, 6.07) is 9.56. The molecule has 1 aromatic heterocycles. The summed E-state index contributed by atoms with van der Waals surface area (Å²) in [5, 5.41) is 14.6. The molecule has 0 saturated carbocycles. The predicted molar refractivity (Wildman–Crippen MR) is 82.9 cm³/mol. The summed E-state index contributed by atoms with van der Waals surface area (Å²) < 4.78 is 1.89. The Morgan fingerprint density at radius 2 is 1.90 bits per heavy atom. The Kier molecular flexibility index (Phi) is 5.62. The molecule has 1 aromatic carbocycles. The third-order valence-electron chi connectivity index (χ3n) is 2.90. The van der Waals surface area contributed by atoms with E-state index in [2.05, 4.69) is 27.8 Å². The van der Waals surface area contributed by atoms with Crippen LogP contribution >= 0.6 is 11.8 Å². The maximum atomic E-state index is 11.7. The highest BCUT2D eigenvalue weighted by molar-refractivity contribution is 7.99. The minimum absolute atomic E-state index is 0.216.